The molecule has 4 nitrogen and oxygen atoms in total. The monoisotopic (exact) mass is 404 g/mol. The molecule has 108 valence electrons. The summed E-state index contributed by atoms with van der Waals surface area (Å²) in [5, 5.41) is 3.89. The lowest BCUT2D eigenvalue weighted by molar-refractivity contribution is 0.573. The smallest absolute Gasteiger partial charge is 0.154 e. The Hall–Kier alpha value is -0.890. The van der Waals surface area contributed by atoms with Crippen molar-refractivity contribution in [1.82, 2.24) is 9.78 Å². The topological polar surface area (TPSA) is 52.0 Å². The molecule has 1 aromatic heterocycles. The normalized spacial score (nSPS) is 12.0. The summed E-state index contributed by atoms with van der Waals surface area (Å²) in [6.07, 6.45) is 3.65. The summed E-state index contributed by atoms with van der Waals surface area (Å²) in [6.45, 7) is 3.80. The number of sulfone groups is 1. The van der Waals surface area contributed by atoms with E-state index in [4.69, 9.17) is 0 Å². The SMILES string of the molecule is CC(C)S(=O)(=O)CCn1cc(-c2ccc(I)cc2)cn1. The molecule has 0 unspecified atom stereocenters. The molecular weight excluding hydrogens is 387 g/mol. The number of aryl methyl sites for hydroxylation is 1. The van der Waals surface area contributed by atoms with Gasteiger partial charge in [0.2, 0.25) is 0 Å². The van der Waals surface area contributed by atoms with Crippen molar-refractivity contribution in [3.63, 3.8) is 0 Å². The number of halogens is 1. The van der Waals surface area contributed by atoms with E-state index in [1.54, 1.807) is 24.7 Å². The van der Waals surface area contributed by atoms with Crippen LogP contribution >= 0.6 is 22.6 Å². The molecule has 0 aliphatic carbocycles. The fraction of sp³-hybridized carbons (Fsp3) is 0.357. The fourth-order valence-corrected chi connectivity index (χ4v) is 3.01. The van der Waals surface area contributed by atoms with E-state index in [0.29, 0.717) is 6.54 Å². The van der Waals surface area contributed by atoms with E-state index in [-0.39, 0.29) is 11.0 Å². The molecular formula is C14H17IN2O2S. The number of rotatable bonds is 5. The van der Waals surface area contributed by atoms with E-state index in [0.717, 1.165) is 11.1 Å². The molecule has 0 radical (unpaired) electrons. The molecule has 2 aromatic rings. The Kier molecular flexibility index (Phi) is 4.85. The third-order valence-corrected chi connectivity index (χ3v) is 6.04. The molecule has 20 heavy (non-hydrogen) atoms. The first-order chi connectivity index (χ1) is 9.38. The maximum absolute atomic E-state index is 11.8. The van der Waals surface area contributed by atoms with E-state index in [9.17, 15) is 8.42 Å². The largest absolute Gasteiger partial charge is 0.271 e. The van der Waals surface area contributed by atoms with Crippen LogP contribution in [0, 0.1) is 3.57 Å². The summed E-state index contributed by atoms with van der Waals surface area (Å²) in [6, 6.07) is 8.15. The minimum absolute atomic E-state index is 0.123. The predicted octanol–water partition coefficient (Wildman–Crippen LogP) is 2.98. The second-order valence-corrected chi connectivity index (χ2v) is 8.84. The minimum Gasteiger partial charge on any atom is -0.271 e. The first kappa shape index (κ1) is 15.5. The van der Waals surface area contributed by atoms with Crippen LogP contribution in [-0.2, 0) is 16.4 Å². The summed E-state index contributed by atoms with van der Waals surface area (Å²) in [5.74, 6) is 0.123. The highest BCUT2D eigenvalue weighted by atomic mass is 127. The zero-order valence-electron chi connectivity index (χ0n) is 11.5. The van der Waals surface area contributed by atoms with Crippen molar-refractivity contribution in [2.24, 2.45) is 0 Å². The summed E-state index contributed by atoms with van der Waals surface area (Å²) >= 11 is 2.26. The highest BCUT2D eigenvalue weighted by Gasteiger charge is 2.16. The van der Waals surface area contributed by atoms with Gasteiger partial charge in [-0.15, -0.1) is 0 Å². The molecule has 1 heterocycles. The van der Waals surface area contributed by atoms with Crippen LogP contribution in [0.5, 0.6) is 0 Å². The van der Waals surface area contributed by atoms with Gasteiger partial charge in [-0.05, 0) is 54.1 Å². The second-order valence-electron chi connectivity index (χ2n) is 4.91. The Morgan fingerprint density at radius 1 is 1.20 bits per heavy atom. The van der Waals surface area contributed by atoms with Gasteiger partial charge in [-0.25, -0.2) is 8.42 Å². The van der Waals surface area contributed by atoms with E-state index in [1.807, 2.05) is 30.5 Å². The van der Waals surface area contributed by atoms with Gasteiger partial charge in [0.25, 0.3) is 0 Å². The van der Waals surface area contributed by atoms with Gasteiger partial charge >= 0.3 is 0 Å². The van der Waals surface area contributed by atoms with Crippen molar-refractivity contribution < 1.29 is 8.42 Å². The number of aromatic nitrogens is 2. The maximum atomic E-state index is 11.8. The third kappa shape index (κ3) is 3.82. The average Bonchev–Trinajstić information content (AvgIpc) is 2.86. The summed E-state index contributed by atoms with van der Waals surface area (Å²) in [5.41, 5.74) is 2.09. The molecule has 0 saturated heterocycles. The van der Waals surface area contributed by atoms with Crippen molar-refractivity contribution >= 4 is 32.4 Å². The van der Waals surface area contributed by atoms with Gasteiger partial charge in [0, 0.05) is 15.3 Å². The van der Waals surface area contributed by atoms with Crippen LogP contribution < -0.4 is 0 Å². The molecule has 0 saturated carbocycles. The molecule has 2 rings (SSSR count). The first-order valence-corrected chi connectivity index (χ1v) is 9.18. The Morgan fingerprint density at radius 2 is 1.85 bits per heavy atom. The van der Waals surface area contributed by atoms with Crippen LogP contribution in [0.1, 0.15) is 13.8 Å². The first-order valence-electron chi connectivity index (χ1n) is 6.38. The minimum atomic E-state index is -3.02. The fourth-order valence-electron chi connectivity index (χ4n) is 1.73. The van der Waals surface area contributed by atoms with Gasteiger partial charge < -0.3 is 0 Å². The van der Waals surface area contributed by atoms with Gasteiger partial charge in [0.05, 0.1) is 23.7 Å². The lowest BCUT2D eigenvalue weighted by Gasteiger charge is -2.07. The molecule has 0 aliphatic heterocycles. The lowest BCUT2D eigenvalue weighted by Crippen LogP contribution is -2.21. The number of hydrogen-bond acceptors (Lipinski definition) is 3. The molecule has 0 spiro atoms. The van der Waals surface area contributed by atoms with Gasteiger partial charge in [-0.1, -0.05) is 12.1 Å². The van der Waals surface area contributed by atoms with Crippen LogP contribution in [0.4, 0.5) is 0 Å². The standard InChI is InChI=1S/C14H17IN2O2S/c1-11(2)20(18,19)8-7-17-10-13(9-16-17)12-3-5-14(15)6-4-12/h3-6,9-11H,7-8H2,1-2H3. The molecule has 1 aromatic carbocycles. The zero-order valence-corrected chi connectivity index (χ0v) is 14.4. The van der Waals surface area contributed by atoms with Crippen LogP contribution in [-0.4, -0.2) is 29.2 Å². The van der Waals surface area contributed by atoms with E-state index < -0.39 is 9.84 Å². The van der Waals surface area contributed by atoms with Crippen molar-refractivity contribution in [2.45, 2.75) is 25.6 Å². The Morgan fingerprint density at radius 3 is 2.45 bits per heavy atom. The molecule has 6 heteroatoms. The Labute approximate surface area is 133 Å². The van der Waals surface area contributed by atoms with Crippen LogP contribution in [0.3, 0.4) is 0 Å². The molecule has 0 aliphatic rings. The maximum Gasteiger partial charge on any atom is 0.154 e. The van der Waals surface area contributed by atoms with Crippen molar-refractivity contribution in [1.29, 1.82) is 0 Å². The van der Waals surface area contributed by atoms with Gasteiger partial charge in [-0.2, -0.15) is 5.10 Å². The van der Waals surface area contributed by atoms with Crippen molar-refractivity contribution in [3.8, 4) is 11.1 Å². The number of nitrogens with zero attached hydrogens (tertiary/aromatic N) is 2. The average molecular weight is 404 g/mol. The summed E-state index contributed by atoms with van der Waals surface area (Å²) < 4.78 is 26.4. The number of hydrogen-bond donors (Lipinski definition) is 0. The quantitative estimate of drug-likeness (QED) is 0.721. The van der Waals surface area contributed by atoms with Gasteiger partial charge in [-0.3, -0.25) is 4.68 Å². The van der Waals surface area contributed by atoms with Crippen LogP contribution in [0.25, 0.3) is 11.1 Å². The van der Waals surface area contributed by atoms with Gasteiger partial charge in [0.15, 0.2) is 9.84 Å². The molecule has 0 fully saturated rings. The van der Waals surface area contributed by atoms with Crippen molar-refractivity contribution in [2.75, 3.05) is 5.75 Å². The summed E-state index contributed by atoms with van der Waals surface area (Å²) in [7, 11) is -3.02. The highest BCUT2D eigenvalue weighted by Crippen LogP contribution is 2.19. The zero-order chi connectivity index (χ0) is 14.8. The second kappa shape index (κ2) is 6.26. The Bertz CT molecular complexity index is 675. The molecule has 0 amide bonds. The van der Waals surface area contributed by atoms with Crippen molar-refractivity contribution in [3.05, 3.63) is 40.2 Å². The van der Waals surface area contributed by atoms with E-state index >= 15 is 0 Å². The van der Waals surface area contributed by atoms with Gasteiger partial charge in [0.1, 0.15) is 0 Å². The van der Waals surface area contributed by atoms with E-state index in [1.165, 1.54) is 3.57 Å². The molecule has 0 bridgehead atoms. The summed E-state index contributed by atoms with van der Waals surface area (Å²) in [4.78, 5) is 0. The molecule has 0 atom stereocenters. The van der Waals surface area contributed by atoms with Crippen LogP contribution in [0.2, 0.25) is 0 Å². The number of benzene rings is 1. The lowest BCUT2D eigenvalue weighted by atomic mass is 10.1. The van der Waals surface area contributed by atoms with E-state index in [2.05, 4.69) is 27.7 Å². The third-order valence-electron chi connectivity index (χ3n) is 3.13. The van der Waals surface area contributed by atoms with Crippen LogP contribution in [0.15, 0.2) is 36.7 Å². The molecule has 0 N–H and O–H groups in total. The predicted molar refractivity (Wildman–Crippen MR) is 89.3 cm³/mol. The highest BCUT2D eigenvalue weighted by molar-refractivity contribution is 14.1. The Balaban J connectivity index is 2.08.